The average molecular weight is 337 g/mol. The van der Waals surface area contributed by atoms with Crippen molar-refractivity contribution in [2.75, 3.05) is 6.54 Å². The molecule has 1 atom stereocenters. The van der Waals surface area contributed by atoms with Crippen molar-refractivity contribution in [2.24, 2.45) is 0 Å². The van der Waals surface area contributed by atoms with Crippen molar-refractivity contribution in [1.29, 1.82) is 0 Å². The average Bonchev–Trinajstić information content (AvgIpc) is 2.85. The number of sulfonamides is 1. The molecule has 0 saturated carbocycles. The van der Waals surface area contributed by atoms with Gasteiger partial charge in [-0.15, -0.1) is 0 Å². The molecule has 0 radical (unpaired) electrons. The molecule has 9 heteroatoms. The number of nitrogens with zero attached hydrogens (tertiary/aromatic N) is 1. The van der Waals surface area contributed by atoms with Gasteiger partial charge in [0.05, 0.1) is 16.9 Å². The molecule has 0 amide bonds. The van der Waals surface area contributed by atoms with Crippen LogP contribution in [0.4, 0.5) is 13.2 Å². The minimum atomic E-state index is -4.80. The number of hydrogen-bond donors (Lipinski definition) is 1. The lowest BCUT2D eigenvalue weighted by atomic mass is 10.2. The number of aliphatic carboxylic acids is 1. The standard InChI is InChI=1S/C13H14F3NO4S/c14-13(15,16)10-5-1-2-6-11(10)22(20,21)17-7-3-4-9(17)8-12(18)19/h1-2,5-6,9H,3-4,7-8H2,(H,18,19). The van der Waals surface area contributed by atoms with Crippen LogP contribution < -0.4 is 0 Å². The Morgan fingerprint density at radius 3 is 2.55 bits per heavy atom. The van der Waals surface area contributed by atoms with Gasteiger partial charge in [0.2, 0.25) is 10.0 Å². The summed E-state index contributed by atoms with van der Waals surface area (Å²) in [5.74, 6) is -1.18. The third-order valence-corrected chi connectivity index (χ3v) is 5.52. The van der Waals surface area contributed by atoms with Crippen LogP contribution in [0.25, 0.3) is 0 Å². The summed E-state index contributed by atoms with van der Waals surface area (Å²) in [4.78, 5) is 9.96. The quantitative estimate of drug-likeness (QED) is 0.915. The van der Waals surface area contributed by atoms with Crippen LogP contribution in [0.5, 0.6) is 0 Å². The number of rotatable bonds is 4. The molecule has 1 aromatic rings. The topological polar surface area (TPSA) is 74.7 Å². The lowest BCUT2D eigenvalue weighted by molar-refractivity contribution is -0.140. The largest absolute Gasteiger partial charge is 0.481 e. The van der Waals surface area contributed by atoms with Gasteiger partial charge >= 0.3 is 12.1 Å². The molecular weight excluding hydrogens is 323 g/mol. The summed E-state index contributed by atoms with van der Waals surface area (Å²) in [5.41, 5.74) is -1.24. The number of hydrogen-bond acceptors (Lipinski definition) is 3. The molecule has 1 aromatic carbocycles. The van der Waals surface area contributed by atoms with Gasteiger partial charge in [-0.2, -0.15) is 17.5 Å². The monoisotopic (exact) mass is 337 g/mol. The fraction of sp³-hybridized carbons (Fsp3) is 0.462. The molecular formula is C13H14F3NO4S. The van der Waals surface area contributed by atoms with E-state index >= 15 is 0 Å². The SMILES string of the molecule is O=C(O)CC1CCCN1S(=O)(=O)c1ccccc1C(F)(F)F. The molecule has 1 N–H and O–H groups in total. The van der Waals surface area contributed by atoms with Crippen molar-refractivity contribution in [3.8, 4) is 0 Å². The Hall–Kier alpha value is -1.61. The molecule has 1 heterocycles. The molecule has 0 bridgehead atoms. The van der Waals surface area contributed by atoms with Crippen LogP contribution in [0.1, 0.15) is 24.8 Å². The summed E-state index contributed by atoms with van der Waals surface area (Å²) in [6.45, 7) is 0.0203. The predicted molar refractivity (Wildman–Crippen MR) is 70.6 cm³/mol. The highest BCUT2D eigenvalue weighted by Crippen LogP contribution is 2.37. The van der Waals surface area contributed by atoms with Gasteiger partial charge in [-0.3, -0.25) is 4.79 Å². The molecule has 1 unspecified atom stereocenters. The molecule has 5 nitrogen and oxygen atoms in total. The Morgan fingerprint density at radius 2 is 1.95 bits per heavy atom. The van der Waals surface area contributed by atoms with E-state index in [2.05, 4.69) is 0 Å². The second-order valence-corrected chi connectivity index (χ2v) is 6.86. The molecule has 1 aliphatic rings. The first-order chi connectivity index (χ1) is 10.1. The summed E-state index contributed by atoms with van der Waals surface area (Å²) in [6, 6.07) is 3.11. The minimum absolute atomic E-state index is 0.0203. The Kier molecular flexibility index (Phi) is 4.48. The van der Waals surface area contributed by atoms with Crippen molar-refractivity contribution < 1.29 is 31.5 Å². The summed E-state index contributed by atoms with van der Waals surface area (Å²) < 4.78 is 64.9. The zero-order valence-electron chi connectivity index (χ0n) is 11.4. The Labute approximate surface area is 125 Å². The van der Waals surface area contributed by atoms with Crippen LogP contribution in [-0.4, -0.2) is 36.4 Å². The predicted octanol–water partition coefficient (Wildman–Crippen LogP) is 2.33. The summed E-state index contributed by atoms with van der Waals surface area (Å²) in [5, 5.41) is 8.81. The van der Waals surface area contributed by atoms with Crippen LogP contribution in [-0.2, 0) is 21.0 Å². The normalized spacial score (nSPS) is 20.2. The lowest BCUT2D eigenvalue weighted by Gasteiger charge is -2.24. The third kappa shape index (κ3) is 3.25. The van der Waals surface area contributed by atoms with Gasteiger partial charge in [0.25, 0.3) is 0 Å². The maximum absolute atomic E-state index is 13.0. The van der Waals surface area contributed by atoms with Crippen molar-refractivity contribution in [1.82, 2.24) is 4.31 Å². The summed E-state index contributed by atoms with van der Waals surface area (Å²) in [6.07, 6.45) is -4.48. The van der Waals surface area contributed by atoms with E-state index in [1.165, 1.54) is 6.07 Å². The number of alkyl halides is 3. The first-order valence-corrected chi connectivity index (χ1v) is 7.98. The fourth-order valence-electron chi connectivity index (χ4n) is 2.58. The minimum Gasteiger partial charge on any atom is -0.481 e. The number of carboxylic acids is 1. The Bertz CT molecular complexity index is 672. The van der Waals surface area contributed by atoms with E-state index in [4.69, 9.17) is 5.11 Å². The van der Waals surface area contributed by atoms with E-state index in [9.17, 15) is 26.4 Å². The van der Waals surface area contributed by atoms with Gasteiger partial charge in [0.15, 0.2) is 0 Å². The second kappa shape index (κ2) is 5.88. The van der Waals surface area contributed by atoms with Crippen molar-refractivity contribution >= 4 is 16.0 Å². The van der Waals surface area contributed by atoms with E-state index in [1.807, 2.05) is 0 Å². The molecule has 0 aromatic heterocycles. The van der Waals surface area contributed by atoms with Crippen molar-refractivity contribution in [3.05, 3.63) is 29.8 Å². The highest BCUT2D eigenvalue weighted by Gasteiger charge is 2.42. The first-order valence-electron chi connectivity index (χ1n) is 6.54. The van der Waals surface area contributed by atoms with E-state index in [-0.39, 0.29) is 6.54 Å². The molecule has 122 valence electrons. The summed E-state index contributed by atoms with van der Waals surface area (Å²) in [7, 11) is -4.40. The molecule has 22 heavy (non-hydrogen) atoms. The Morgan fingerprint density at radius 1 is 1.32 bits per heavy atom. The third-order valence-electron chi connectivity index (χ3n) is 3.51. The van der Waals surface area contributed by atoms with Gasteiger partial charge in [-0.05, 0) is 25.0 Å². The van der Waals surface area contributed by atoms with E-state index < -0.39 is 45.1 Å². The number of carboxylic acid groups (broad SMARTS) is 1. The molecule has 1 aliphatic heterocycles. The van der Waals surface area contributed by atoms with Crippen molar-refractivity contribution in [3.63, 3.8) is 0 Å². The van der Waals surface area contributed by atoms with Gasteiger partial charge in [-0.25, -0.2) is 8.42 Å². The van der Waals surface area contributed by atoms with E-state index in [1.54, 1.807) is 0 Å². The van der Waals surface area contributed by atoms with Gasteiger partial charge in [0.1, 0.15) is 0 Å². The van der Waals surface area contributed by atoms with Crippen molar-refractivity contribution in [2.45, 2.75) is 36.4 Å². The zero-order chi connectivity index (χ0) is 16.5. The highest BCUT2D eigenvalue weighted by atomic mass is 32.2. The van der Waals surface area contributed by atoms with Crippen LogP contribution in [0.15, 0.2) is 29.2 Å². The van der Waals surface area contributed by atoms with Gasteiger partial charge in [0, 0.05) is 12.6 Å². The van der Waals surface area contributed by atoms with Crippen LogP contribution in [0, 0.1) is 0 Å². The smallest absolute Gasteiger partial charge is 0.417 e. The molecule has 1 fully saturated rings. The zero-order valence-corrected chi connectivity index (χ0v) is 12.2. The Balaban J connectivity index is 2.45. The molecule has 0 aliphatic carbocycles. The van der Waals surface area contributed by atoms with E-state index in [0.717, 1.165) is 16.4 Å². The number of halogens is 3. The number of carbonyl (C=O) groups is 1. The maximum Gasteiger partial charge on any atom is 0.417 e. The van der Waals surface area contributed by atoms with Crippen LogP contribution >= 0.6 is 0 Å². The fourth-order valence-corrected chi connectivity index (χ4v) is 4.49. The van der Waals surface area contributed by atoms with Gasteiger partial charge < -0.3 is 5.11 Å². The lowest BCUT2D eigenvalue weighted by Crippen LogP contribution is -2.37. The molecule has 0 spiro atoms. The maximum atomic E-state index is 13.0. The van der Waals surface area contributed by atoms with E-state index in [0.29, 0.717) is 18.9 Å². The van der Waals surface area contributed by atoms with Gasteiger partial charge in [-0.1, -0.05) is 12.1 Å². The first kappa shape index (κ1) is 16.8. The highest BCUT2D eigenvalue weighted by molar-refractivity contribution is 7.89. The molecule has 2 rings (SSSR count). The van der Waals surface area contributed by atoms with Crippen LogP contribution in [0.2, 0.25) is 0 Å². The summed E-state index contributed by atoms with van der Waals surface area (Å²) >= 11 is 0. The van der Waals surface area contributed by atoms with Crippen LogP contribution in [0.3, 0.4) is 0 Å². The molecule has 1 saturated heterocycles. The number of benzene rings is 1. The second-order valence-electron chi connectivity index (χ2n) is 5.00.